The van der Waals surface area contributed by atoms with Crippen molar-refractivity contribution in [2.24, 2.45) is 11.3 Å². The first-order valence-corrected chi connectivity index (χ1v) is 6.76. The molecule has 0 bridgehead atoms. The number of hydrogen-bond acceptors (Lipinski definition) is 2. The lowest BCUT2D eigenvalue weighted by atomic mass is 9.65. The van der Waals surface area contributed by atoms with Crippen LogP contribution in [0.15, 0.2) is 30.3 Å². The summed E-state index contributed by atoms with van der Waals surface area (Å²) < 4.78 is 0. The molecule has 1 unspecified atom stereocenters. The molecule has 0 N–H and O–H groups in total. The Kier molecular flexibility index (Phi) is 4.34. The van der Waals surface area contributed by atoms with Gasteiger partial charge in [-0.05, 0) is 12.5 Å². The SMILES string of the molecule is CC(C)C(=O)C(C)(C(=O)C(C)(C)C)c1ccccc1. The van der Waals surface area contributed by atoms with Gasteiger partial charge < -0.3 is 0 Å². The molecule has 0 radical (unpaired) electrons. The van der Waals surface area contributed by atoms with Gasteiger partial charge in [-0.1, -0.05) is 65.0 Å². The summed E-state index contributed by atoms with van der Waals surface area (Å²) in [6.07, 6.45) is 0. The highest BCUT2D eigenvalue weighted by atomic mass is 16.2. The second-order valence-corrected chi connectivity index (χ2v) is 6.59. The maximum Gasteiger partial charge on any atom is 0.155 e. The average Bonchev–Trinajstić information content (AvgIpc) is 2.35. The van der Waals surface area contributed by atoms with Gasteiger partial charge >= 0.3 is 0 Å². The fourth-order valence-electron chi connectivity index (χ4n) is 2.48. The van der Waals surface area contributed by atoms with Crippen molar-refractivity contribution >= 4 is 11.6 Å². The molecule has 1 aromatic rings. The third-order valence-electron chi connectivity index (χ3n) is 3.50. The normalized spacial score (nSPS) is 15.1. The summed E-state index contributed by atoms with van der Waals surface area (Å²) in [5, 5.41) is 0. The Hall–Kier alpha value is -1.44. The molecular weight excluding hydrogens is 236 g/mol. The van der Waals surface area contributed by atoms with Crippen LogP contribution >= 0.6 is 0 Å². The van der Waals surface area contributed by atoms with E-state index in [9.17, 15) is 9.59 Å². The van der Waals surface area contributed by atoms with Gasteiger partial charge in [-0.3, -0.25) is 9.59 Å². The third-order valence-corrected chi connectivity index (χ3v) is 3.50. The van der Waals surface area contributed by atoms with Crippen LogP contribution in [0.3, 0.4) is 0 Å². The highest BCUT2D eigenvalue weighted by Crippen LogP contribution is 2.35. The van der Waals surface area contributed by atoms with Gasteiger partial charge in [-0.25, -0.2) is 0 Å². The minimum atomic E-state index is -1.06. The zero-order valence-corrected chi connectivity index (χ0v) is 12.8. The number of rotatable bonds is 4. The van der Waals surface area contributed by atoms with E-state index in [0.29, 0.717) is 0 Å². The van der Waals surface area contributed by atoms with Crippen LogP contribution in [0.25, 0.3) is 0 Å². The molecule has 104 valence electrons. The molecule has 0 aromatic heterocycles. The quantitative estimate of drug-likeness (QED) is 0.772. The van der Waals surface area contributed by atoms with Gasteiger partial charge in [0.15, 0.2) is 11.6 Å². The number of ketones is 2. The fraction of sp³-hybridized carbons (Fsp3) is 0.529. The van der Waals surface area contributed by atoms with Crippen LogP contribution in [0.4, 0.5) is 0 Å². The van der Waals surface area contributed by atoms with E-state index in [1.807, 2.05) is 65.0 Å². The van der Waals surface area contributed by atoms with Crippen LogP contribution in [-0.2, 0) is 15.0 Å². The second-order valence-electron chi connectivity index (χ2n) is 6.59. The molecule has 0 aliphatic carbocycles. The molecule has 19 heavy (non-hydrogen) atoms. The molecule has 0 heterocycles. The number of hydrogen-bond donors (Lipinski definition) is 0. The minimum absolute atomic E-state index is 0.0152. The number of carbonyl (C=O) groups excluding carboxylic acids is 2. The van der Waals surface area contributed by atoms with Crippen molar-refractivity contribution < 1.29 is 9.59 Å². The number of Topliss-reactive ketones (excluding diaryl/α,β-unsaturated/α-hetero) is 2. The molecule has 0 aliphatic heterocycles. The summed E-state index contributed by atoms with van der Waals surface area (Å²) in [5.41, 5.74) is -0.823. The molecule has 2 nitrogen and oxygen atoms in total. The van der Waals surface area contributed by atoms with E-state index in [2.05, 4.69) is 0 Å². The fourth-order valence-corrected chi connectivity index (χ4v) is 2.48. The summed E-state index contributed by atoms with van der Waals surface area (Å²) in [7, 11) is 0. The maximum absolute atomic E-state index is 12.8. The summed E-state index contributed by atoms with van der Waals surface area (Å²) in [6, 6.07) is 9.37. The molecule has 1 rings (SSSR count). The van der Waals surface area contributed by atoms with Crippen molar-refractivity contribution in [3.8, 4) is 0 Å². The molecule has 1 atom stereocenters. The second kappa shape index (κ2) is 5.28. The predicted molar refractivity (Wildman–Crippen MR) is 78.1 cm³/mol. The van der Waals surface area contributed by atoms with Crippen LogP contribution in [0.2, 0.25) is 0 Å². The zero-order valence-electron chi connectivity index (χ0n) is 12.8. The first-order valence-electron chi connectivity index (χ1n) is 6.76. The Morgan fingerprint density at radius 1 is 0.947 bits per heavy atom. The van der Waals surface area contributed by atoms with Gasteiger partial charge in [-0.15, -0.1) is 0 Å². The Balaban J connectivity index is 3.43. The zero-order chi connectivity index (χ0) is 14.8. The van der Waals surface area contributed by atoms with Crippen LogP contribution in [0.1, 0.15) is 47.1 Å². The summed E-state index contributed by atoms with van der Waals surface area (Å²) in [4.78, 5) is 25.4. The molecule has 0 amide bonds. The van der Waals surface area contributed by atoms with Crippen molar-refractivity contribution in [1.29, 1.82) is 0 Å². The van der Waals surface area contributed by atoms with E-state index in [0.717, 1.165) is 5.56 Å². The topological polar surface area (TPSA) is 34.1 Å². The standard InChI is InChI=1S/C17H24O2/c1-12(2)14(18)17(6,15(19)16(3,4)5)13-10-8-7-9-11-13/h7-12H,1-6H3. The van der Waals surface area contributed by atoms with Gasteiger partial charge in [0.1, 0.15) is 5.41 Å². The summed E-state index contributed by atoms with van der Waals surface area (Å²) in [6.45, 7) is 11.1. The average molecular weight is 260 g/mol. The number of carbonyl (C=O) groups is 2. The molecule has 0 saturated heterocycles. The van der Waals surface area contributed by atoms with E-state index in [1.165, 1.54) is 0 Å². The van der Waals surface area contributed by atoms with E-state index < -0.39 is 10.8 Å². The Morgan fingerprint density at radius 2 is 1.42 bits per heavy atom. The van der Waals surface area contributed by atoms with Crippen LogP contribution in [0.5, 0.6) is 0 Å². The van der Waals surface area contributed by atoms with E-state index in [-0.39, 0.29) is 17.5 Å². The largest absolute Gasteiger partial charge is 0.298 e. The van der Waals surface area contributed by atoms with Crippen molar-refractivity contribution in [2.45, 2.75) is 47.0 Å². The molecule has 0 saturated carbocycles. The van der Waals surface area contributed by atoms with Gasteiger partial charge in [0.05, 0.1) is 0 Å². The molecule has 0 fully saturated rings. The minimum Gasteiger partial charge on any atom is -0.298 e. The Bertz CT molecular complexity index is 466. The lowest BCUT2D eigenvalue weighted by Crippen LogP contribution is -2.48. The molecule has 0 spiro atoms. The molecule has 1 aromatic carbocycles. The third kappa shape index (κ3) is 2.94. The van der Waals surface area contributed by atoms with Gasteiger partial charge in [0.25, 0.3) is 0 Å². The highest BCUT2D eigenvalue weighted by molar-refractivity contribution is 6.14. The van der Waals surface area contributed by atoms with Crippen molar-refractivity contribution in [3.63, 3.8) is 0 Å². The van der Waals surface area contributed by atoms with E-state index >= 15 is 0 Å². The Labute approximate surface area is 116 Å². The first kappa shape index (κ1) is 15.6. The maximum atomic E-state index is 12.8. The molecular formula is C17H24O2. The monoisotopic (exact) mass is 260 g/mol. The first-order chi connectivity index (χ1) is 8.61. The lowest BCUT2D eigenvalue weighted by Gasteiger charge is -2.34. The highest BCUT2D eigenvalue weighted by Gasteiger charge is 2.47. The number of benzene rings is 1. The van der Waals surface area contributed by atoms with E-state index in [1.54, 1.807) is 6.92 Å². The van der Waals surface area contributed by atoms with Crippen LogP contribution < -0.4 is 0 Å². The smallest absolute Gasteiger partial charge is 0.155 e. The lowest BCUT2D eigenvalue weighted by molar-refractivity contribution is -0.141. The van der Waals surface area contributed by atoms with E-state index in [4.69, 9.17) is 0 Å². The van der Waals surface area contributed by atoms with Gasteiger partial charge in [-0.2, -0.15) is 0 Å². The molecule has 2 heteroatoms. The van der Waals surface area contributed by atoms with Crippen LogP contribution in [-0.4, -0.2) is 11.6 Å². The van der Waals surface area contributed by atoms with Crippen molar-refractivity contribution in [1.82, 2.24) is 0 Å². The van der Waals surface area contributed by atoms with Crippen molar-refractivity contribution in [3.05, 3.63) is 35.9 Å². The summed E-state index contributed by atoms with van der Waals surface area (Å²) in [5.74, 6) is -0.208. The summed E-state index contributed by atoms with van der Waals surface area (Å²) >= 11 is 0. The van der Waals surface area contributed by atoms with Crippen LogP contribution in [0, 0.1) is 11.3 Å². The molecule has 0 aliphatic rings. The van der Waals surface area contributed by atoms with Crippen molar-refractivity contribution in [2.75, 3.05) is 0 Å². The van der Waals surface area contributed by atoms with Gasteiger partial charge in [0.2, 0.25) is 0 Å². The Morgan fingerprint density at radius 3 is 1.79 bits per heavy atom. The predicted octanol–water partition coefficient (Wildman–Crippen LogP) is 3.78. The van der Waals surface area contributed by atoms with Gasteiger partial charge in [0, 0.05) is 11.3 Å².